The highest BCUT2D eigenvalue weighted by atomic mass is 16.4. The maximum atomic E-state index is 11.0. The smallest absolute Gasteiger partial charge is 0.352 e. The van der Waals surface area contributed by atoms with Crippen molar-refractivity contribution in [1.82, 2.24) is 14.4 Å². The number of hydrogen-bond donors (Lipinski definition) is 2. The summed E-state index contributed by atoms with van der Waals surface area (Å²) in [6.45, 7) is 1.78. The Morgan fingerprint density at radius 2 is 2.28 bits per heavy atom. The molecule has 0 radical (unpaired) electrons. The first-order valence-corrected chi connectivity index (χ1v) is 5.51. The fourth-order valence-electron chi connectivity index (χ4n) is 2.11. The average Bonchev–Trinajstić information content (AvgIpc) is 2.92. The predicted molar refractivity (Wildman–Crippen MR) is 66.7 cm³/mol. The lowest BCUT2D eigenvalue weighted by molar-refractivity contribution is 0.0690. The van der Waals surface area contributed by atoms with Crippen LogP contribution >= 0.6 is 0 Å². The van der Waals surface area contributed by atoms with Crippen molar-refractivity contribution in [3.63, 3.8) is 0 Å². The van der Waals surface area contributed by atoms with Gasteiger partial charge < -0.3 is 14.5 Å². The Morgan fingerprint density at radius 1 is 1.44 bits per heavy atom. The summed E-state index contributed by atoms with van der Waals surface area (Å²) in [6, 6.07) is 5.68. The summed E-state index contributed by atoms with van der Waals surface area (Å²) in [5, 5.41) is 9.04. The Hall–Kier alpha value is -2.56. The highest BCUT2D eigenvalue weighted by molar-refractivity contribution is 5.90. The van der Waals surface area contributed by atoms with Crippen LogP contribution < -0.4 is 0 Å². The zero-order valence-corrected chi connectivity index (χ0v) is 9.71. The van der Waals surface area contributed by atoms with Crippen molar-refractivity contribution in [3.05, 3.63) is 48.2 Å². The molecule has 3 aromatic heterocycles. The van der Waals surface area contributed by atoms with E-state index in [2.05, 4.69) is 9.97 Å². The predicted octanol–water partition coefficient (Wildman–Crippen LogP) is 2.34. The number of carboxylic acid groups (broad SMARTS) is 1. The number of aromatic carboxylic acids is 1. The Morgan fingerprint density at radius 3 is 3.00 bits per heavy atom. The number of aromatic nitrogens is 3. The summed E-state index contributed by atoms with van der Waals surface area (Å²) >= 11 is 0. The summed E-state index contributed by atoms with van der Waals surface area (Å²) < 4.78 is 1.89. The standard InChI is InChI=1S/C13H11N3O2/c1-8-6-10(15-12(8)13(17)18)9-3-5-16-7-14-4-2-11(9)16/h2-7,15H,1H3,(H,17,18). The van der Waals surface area contributed by atoms with Crippen LogP contribution in [-0.2, 0) is 0 Å². The van der Waals surface area contributed by atoms with E-state index in [0.29, 0.717) is 0 Å². The normalized spacial score (nSPS) is 10.9. The molecule has 3 rings (SSSR count). The SMILES string of the molecule is Cc1cc(-c2ccn3cnccc23)[nH]c1C(=O)O. The minimum atomic E-state index is -0.941. The van der Waals surface area contributed by atoms with Crippen molar-refractivity contribution in [2.75, 3.05) is 0 Å². The van der Waals surface area contributed by atoms with Gasteiger partial charge >= 0.3 is 5.97 Å². The van der Waals surface area contributed by atoms with Crippen LogP contribution in [0.15, 0.2) is 36.9 Å². The number of fused-ring (bicyclic) bond motifs is 1. The fourth-order valence-corrected chi connectivity index (χ4v) is 2.11. The Balaban J connectivity index is 2.20. The molecule has 18 heavy (non-hydrogen) atoms. The van der Waals surface area contributed by atoms with Crippen molar-refractivity contribution in [2.45, 2.75) is 6.92 Å². The first-order valence-electron chi connectivity index (χ1n) is 5.51. The number of carbonyl (C=O) groups is 1. The molecule has 0 aliphatic carbocycles. The van der Waals surface area contributed by atoms with Crippen LogP contribution in [0.25, 0.3) is 16.8 Å². The van der Waals surface area contributed by atoms with Crippen LogP contribution in [0, 0.1) is 6.92 Å². The largest absolute Gasteiger partial charge is 0.477 e. The van der Waals surface area contributed by atoms with Crippen LogP contribution in [-0.4, -0.2) is 25.4 Å². The van der Waals surface area contributed by atoms with E-state index in [-0.39, 0.29) is 5.69 Å². The number of hydrogen-bond acceptors (Lipinski definition) is 2. The quantitative estimate of drug-likeness (QED) is 0.723. The number of carboxylic acids is 1. The number of nitrogens with one attached hydrogen (secondary N) is 1. The summed E-state index contributed by atoms with van der Waals surface area (Å²) in [4.78, 5) is 18.0. The summed E-state index contributed by atoms with van der Waals surface area (Å²) in [5.74, 6) is -0.941. The molecule has 3 heterocycles. The minimum absolute atomic E-state index is 0.235. The van der Waals surface area contributed by atoms with Crippen molar-refractivity contribution < 1.29 is 9.90 Å². The van der Waals surface area contributed by atoms with E-state index >= 15 is 0 Å². The third kappa shape index (κ3) is 1.48. The van der Waals surface area contributed by atoms with Gasteiger partial charge in [0, 0.05) is 23.7 Å². The molecular formula is C13H11N3O2. The highest BCUT2D eigenvalue weighted by Gasteiger charge is 2.14. The minimum Gasteiger partial charge on any atom is -0.477 e. The van der Waals surface area contributed by atoms with E-state index in [1.54, 1.807) is 19.4 Å². The van der Waals surface area contributed by atoms with Crippen molar-refractivity contribution >= 4 is 11.5 Å². The summed E-state index contributed by atoms with van der Waals surface area (Å²) in [7, 11) is 0. The molecule has 2 N–H and O–H groups in total. The second-order valence-electron chi connectivity index (χ2n) is 4.15. The van der Waals surface area contributed by atoms with Crippen molar-refractivity contribution in [3.8, 4) is 11.3 Å². The number of nitrogens with zero attached hydrogens (tertiary/aromatic N) is 2. The van der Waals surface area contributed by atoms with Gasteiger partial charge in [0.2, 0.25) is 0 Å². The molecule has 5 heteroatoms. The van der Waals surface area contributed by atoms with E-state index in [0.717, 1.165) is 22.3 Å². The molecular weight excluding hydrogens is 230 g/mol. The molecule has 90 valence electrons. The van der Waals surface area contributed by atoms with Gasteiger partial charge in [-0.3, -0.25) is 0 Å². The lowest BCUT2D eigenvalue weighted by Crippen LogP contribution is -1.98. The molecule has 5 nitrogen and oxygen atoms in total. The van der Waals surface area contributed by atoms with E-state index in [4.69, 9.17) is 5.11 Å². The number of aromatic amines is 1. The van der Waals surface area contributed by atoms with Gasteiger partial charge in [-0.1, -0.05) is 0 Å². The molecule has 0 unspecified atom stereocenters. The van der Waals surface area contributed by atoms with Gasteiger partial charge in [0.05, 0.1) is 11.8 Å². The Kier molecular flexibility index (Phi) is 2.19. The molecule has 0 aromatic carbocycles. The molecule has 0 aliphatic rings. The van der Waals surface area contributed by atoms with Gasteiger partial charge in [-0.25, -0.2) is 9.78 Å². The molecule has 0 atom stereocenters. The third-order valence-electron chi connectivity index (χ3n) is 2.98. The monoisotopic (exact) mass is 241 g/mol. The van der Waals surface area contributed by atoms with Gasteiger partial charge in [-0.05, 0) is 30.7 Å². The fraction of sp³-hybridized carbons (Fsp3) is 0.0769. The van der Waals surface area contributed by atoms with Gasteiger partial charge in [-0.15, -0.1) is 0 Å². The molecule has 3 aromatic rings. The van der Waals surface area contributed by atoms with Gasteiger partial charge in [0.1, 0.15) is 5.69 Å². The van der Waals surface area contributed by atoms with E-state index in [9.17, 15) is 4.79 Å². The molecule has 0 spiro atoms. The van der Waals surface area contributed by atoms with Crippen LogP contribution in [0.5, 0.6) is 0 Å². The zero-order chi connectivity index (χ0) is 12.7. The maximum Gasteiger partial charge on any atom is 0.352 e. The molecule has 0 fully saturated rings. The van der Waals surface area contributed by atoms with Gasteiger partial charge in [-0.2, -0.15) is 0 Å². The lowest BCUT2D eigenvalue weighted by atomic mass is 10.2. The molecule has 0 saturated heterocycles. The second kappa shape index (κ2) is 3.73. The maximum absolute atomic E-state index is 11.0. The molecule has 0 saturated carbocycles. The van der Waals surface area contributed by atoms with Gasteiger partial charge in [0.25, 0.3) is 0 Å². The third-order valence-corrected chi connectivity index (χ3v) is 2.98. The Labute approximate surface area is 103 Å². The van der Waals surface area contributed by atoms with Crippen LogP contribution in [0.2, 0.25) is 0 Å². The number of aryl methyl sites for hydroxylation is 1. The topological polar surface area (TPSA) is 70.4 Å². The average molecular weight is 241 g/mol. The van der Waals surface area contributed by atoms with Crippen molar-refractivity contribution in [2.24, 2.45) is 0 Å². The molecule has 0 bridgehead atoms. The number of H-pyrrole nitrogens is 1. The molecule has 0 aliphatic heterocycles. The van der Waals surface area contributed by atoms with E-state index < -0.39 is 5.97 Å². The first kappa shape index (κ1) is 10.6. The summed E-state index contributed by atoms with van der Waals surface area (Å²) in [6.07, 6.45) is 5.33. The highest BCUT2D eigenvalue weighted by Crippen LogP contribution is 2.26. The summed E-state index contributed by atoms with van der Waals surface area (Å²) in [5.41, 5.74) is 3.72. The van der Waals surface area contributed by atoms with E-state index in [1.807, 2.05) is 28.8 Å². The van der Waals surface area contributed by atoms with Crippen LogP contribution in [0.1, 0.15) is 16.1 Å². The zero-order valence-electron chi connectivity index (χ0n) is 9.71. The van der Waals surface area contributed by atoms with Crippen molar-refractivity contribution in [1.29, 1.82) is 0 Å². The lowest BCUT2D eigenvalue weighted by Gasteiger charge is -1.97. The molecule has 0 amide bonds. The first-order chi connectivity index (χ1) is 8.66. The number of rotatable bonds is 2. The van der Waals surface area contributed by atoms with E-state index in [1.165, 1.54) is 0 Å². The second-order valence-corrected chi connectivity index (χ2v) is 4.15. The van der Waals surface area contributed by atoms with Crippen LogP contribution in [0.4, 0.5) is 0 Å². The Bertz CT molecular complexity index is 740. The van der Waals surface area contributed by atoms with Crippen LogP contribution in [0.3, 0.4) is 0 Å². The van der Waals surface area contributed by atoms with Gasteiger partial charge in [0.15, 0.2) is 0 Å².